The molecule has 0 radical (unpaired) electrons. The topological polar surface area (TPSA) is 48.2 Å². The second-order valence-corrected chi connectivity index (χ2v) is 3.76. The Labute approximate surface area is 88.6 Å². The Hall–Kier alpha value is -0.610. The molecule has 0 spiro atoms. The molecule has 0 N–H and O–H groups in total. The predicted octanol–water partition coefficient (Wildman–Crippen LogP) is 2.19. The fourth-order valence-electron chi connectivity index (χ4n) is 1.24. The SMILES string of the molecule is COC(c1noc(CCCl)n1)C(C)C. The number of hydrogen-bond donors (Lipinski definition) is 0. The van der Waals surface area contributed by atoms with E-state index in [1.165, 1.54) is 0 Å². The summed E-state index contributed by atoms with van der Waals surface area (Å²) in [5.41, 5.74) is 0. The van der Waals surface area contributed by atoms with Gasteiger partial charge in [-0.05, 0) is 5.92 Å². The number of alkyl halides is 1. The number of nitrogens with zero attached hydrogens (tertiary/aromatic N) is 2. The van der Waals surface area contributed by atoms with Crippen LogP contribution in [0.3, 0.4) is 0 Å². The van der Waals surface area contributed by atoms with Crippen molar-refractivity contribution in [2.75, 3.05) is 13.0 Å². The highest BCUT2D eigenvalue weighted by Crippen LogP contribution is 2.22. The van der Waals surface area contributed by atoms with Crippen molar-refractivity contribution in [3.8, 4) is 0 Å². The first-order chi connectivity index (χ1) is 6.69. The van der Waals surface area contributed by atoms with Crippen molar-refractivity contribution in [3.05, 3.63) is 11.7 Å². The summed E-state index contributed by atoms with van der Waals surface area (Å²) < 4.78 is 10.3. The van der Waals surface area contributed by atoms with Gasteiger partial charge in [0.15, 0.2) is 0 Å². The number of rotatable bonds is 5. The summed E-state index contributed by atoms with van der Waals surface area (Å²) in [4.78, 5) is 4.21. The highest BCUT2D eigenvalue weighted by atomic mass is 35.5. The maximum absolute atomic E-state index is 5.56. The van der Waals surface area contributed by atoms with Crippen molar-refractivity contribution < 1.29 is 9.26 Å². The van der Waals surface area contributed by atoms with Gasteiger partial charge in [-0.1, -0.05) is 19.0 Å². The molecule has 1 atom stereocenters. The van der Waals surface area contributed by atoms with Crippen LogP contribution in [0.2, 0.25) is 0 Å². The van der Waals surface area contributed by atoms with Crippen LogP contribution in [-0.4, -0.2) is 23.1 Å². The number of ether oxygens (including phenoxy) is 1. The van der Waals surface area contributed by atoms with Crippen molar-refractivity contribution in [2.45, 2.75) is 26.4 Å². The molecular formula is C9H15ClN2O2. The van der Waals surface area contributed by atoms with E-state index < -0.39 is 0 Å². The largest absolute Gasteiger partial charge is 0.373 e. The van der Waals surface area contributed by atoms with E-state index in [0.29, 0.717) is 29.9 Å². The third-order valence-electron chi connectivity index (χ3n) is 1.91. The highest BCUT2D eigenvalue weighted by Gasteiger charge is 2.20. The van der Waals surface area contributed by atoms with Crippen LogP contribution < -0.4 is 0 Å². The maximum atomic E-state index is 5.56. The lowest BCUT2D eigenvalue weighted by atomic mass is 10.1. The number of aryl methyl sites for hydroxylation is 1. The van der Waals surface area contributed by atoms with Crippen molar-refractivity contribution in [1.29, 1.82) is 0 Å². The summed E-state index contributed by atoms with van der Waals surface area (Å²) in [7, 11) is 1.64. The number of methoxy groups -OCH3 is 1. The fourth-order valence-corrected chi connectivity index (χ4v) is 1.40. The van der Waals surface area contributed by atoms with Crippen molar-refractivity contribution >= 4 is 11.6 Å². The molecule has 0 aliphatic rings. The van der Waals surface area contributed by atoms with E-state index >= 15 is 0 Å². The van der Waals surface area contributed by atoms with Gasteiger partial charge in [-0.15, -0.1) is 11.6 Å². The van der Waals surface area contributed by atoms with Gasteiger partial charge in [-0.2, -0.15) is 4.98 Å². The van der Waals surface area contributed by atoms with Crippen LogP contribution in [0, 0.1) is 5.92 Å². The molecule has 1 unspecified atom stereocenters. The zero-order valence-corrected chi connectivity index (χ0v) is 9.41. The van der Waals surface area contributed by atoms with E-state index in [1.54, 1.807) is 7.11 Å². The minimum Gasteiger partial charge on any atom is -0.373 e. The van der Waals surface area contributed by atoms with Crippen LogP contribution in [0.1, 0.15) is 31.7 Å². The van der Waals surface area contributed by atoms with Gasteiger partial charge in [0, 0.05) is 19.4 Å². The molecule has 0 aromatic carbocycles. The average Bonchev–Trinajstić information content (AvgIpc) is 2.54. The van der Waals surface area contributed by atoms with Gasteiger partial charge in [0.1, 0.15) is 6.10 Å². The highest BCUT2D eigenvalue weighted by molar-refractivity contribution is 6.17. The Kier molecular flexibility index (Phi) is 4.35. The molecular weight excluding hydrogens is 204 g/mol. The molecule has 80 valence electrons. The van der Waals surface area contributed by atoms with Crippen LogP contribution >= 0.6 is 11.6 Å². The molecule has 0 bridgehead atoms. The smallest absolute Gasteiger partial charge is 0.227 e. The van der Waals surface area contributed by atoms with Gasteiger partial charge in [-0.3, -0.25) is 0 Å². The first kappa shape index (κ1) is 11.5. The molecule has 1 aromatic rings. The van der Waals surface area contributed by atoms with Crippen LogP contribution in [0.4, 0.5) is 0 Å². The van der Waals surface area contributed by atoms with E-state index in [9.17, 15) is 0 Å². The Morgan fingerprint density at radius 2 is 2.21 bits per heavy atom. The molecule has 0 saturated heterocycles. The van der Waals surface area contributed by atoms with Crippen LogP contribution in [0.25, 0.3) is 0 Å². The molecule has 0 amide bonds. The van der Waals surface area contributed by atoms with E-state index in [4.69, 9.17) is 20.9 Å². The molecule has 1 heterocycles. The molecule has 0 aliphatic carbocycles. The Morgan fingerprint density at radius 1 is 1.50 bits per heavy atom. The maximum Gasteiger partial charge on any atom is 0.227 e. The Bertz CT molecular complexity index is 276. The lowest BCUT2D eigenvalue weighted by Crippen LogP contribution is -2.10. The average molecular weight is 219 g/mol. The summed E-state index contributed by atoms with van der Waals surface area (Å²) in [5.74, 6) is 1.97. The number of hydrogen-bond acceptors (Lipinski definition) is 4. The predicted molar refractivity (Wildman–Crippen MR) is 53.3 cm³/mol. The molecule has 0 saturated carbocycles. The summed E-state index contributed by atoms with van der Waals surface area (Å²) >= 11 is 5.56. The van der Waals surface area contributed by atoms with Gasteiger partial charge >= 0.3 is 0 Å². The van der Waals surface area contributed by atoms with Gasteiger partial charge in [0.2, 0.25) is 11.7 Å². The lowest BCUT2D eigenvalue weighted by molar-refractivity contribution is 0.0555. The molecule has 14 heavy (non-hydrogen) atoms. The lowest BCUT2D eigenvalue weighted by Gasteiger charge is -2.14. The quantitative estimate of drug-likeness (QED) is 0.711. The molecule has 4 nitrogen and oxygen atoms in total. The minimum absolute atomic E-state index is 0.108. The second kappa shape index (κ2) is 5.32. The number of halogens is 1. The minimum atomic E-state index is -0.108. The van der Waals surface area contributed by atoms with E-state index in [1.807, 2.05) is 13.8 Å². The summed E-state index contributed by atoms with van der Waals surface area (Å²) in [6.45, 7) is 4.09. The zero-order chi connectivity index (χ0) is 10.6. The van der Waals surface area contributed by atoms with E-state index in [-0.39, 0.29) is 6.10 Å². The first-order valence-electron chi connectivity index (χ1n) is 4.60. The van der Waals surface area contributed by atoms with Crippen molar-refractivity contribution in [1.82, 2.24) is 10.1 Å². The van der Waals surface area contributed by atoms with Gasteiger partial charge in [0.05, 0.1) is 0 Å². The fraction of sp³-hybridized carbons (Fsp3) is 0.778. The third kappa shape index (κ3) is 2.69. The second-order valence-electron chi connectivity index (χ2n) is 3.39. The van der Waals surface area contributed by atoms with Crippen LogP contribution in [0.15, 0.2) is 4.52 Å². The zero-order valence-electron chi connectivity index (χ0n) is 8.66. The molecule has 1 aromatic heterocycles. The third-order valence-corrected chi connectivity index (χ3v) is 2.10. The van der Waals surface area contributed by atoms with Crippen LogP contribution in [0.5, 0.6) is 0 Å². The van der Waals surface area contributed by atoms with E-state index in [0.717, 1.165) is 0 Å². The Balaban J connectivity index is 2.73. The number of aromatic nitrogens is 2. The molecule has 5 heteroatoms. The molecule has 0 fully saturated rings. The van der Waals surface area contributed by atoms with Crippen LogP contribution in [-0.2, 0) is 11.2 Å². The van der Waals surface area contributed by atoms with Gasteiger partial charge < -0.3 is 9.26 Å². The van der Waals surface area contributed by atoms with E-state index in [2.05, 4.69) is 10.1 Å². The monoisotopic (exact) mass is 218 g/mol. The van der Waals surface area contributed by atoms with Gasteiger partial charge in [-0.25, -0.2) is 0 Å². The molecule has 0 aliphatic heterocycles. The first-order valence-corrected chi connectivity index (χ1v) is 5.13. The summed E-state index contributed by atoms with van der Waals surface area (Å²) in [6.07, 6.45) is 0.492. The van der Waals surface area contributed by atoms with Gasteiger partial charge in [0.25, 0.3) is 0 Å². The normalized spacial score (nSPS) is 13.5. The van der Waals surface area contributed by atoms with Crippen molar-refractivity contribution in [2.24, 2.45) is 5.92 Å². The van der Waals surface area contributed by atoms with Crippen molar-refractivity contribution in [3.63, 3.8) is 0 Å². The summed E-state index contributed by atoms with van der Waals surface area (Å²) in [5, 5.41) is 3.86. The standard InChI is InChI=1S/C9H15ClN2O2/c1-6(2)8(13-3)9-11-7(4-5-10)14-12-9/h6,8H,4-5H2,1-3H3. The summed E-state index contributed by atoms with van der Waals surface area (Å²) in [6, 6.07) is 0. The molecule has 1 rings (SSSR count). The Morgan fingerprint density at radius 3 is 2.71 bits per heavy atom.